The van der Waals surface area contributed by atoms with E-state index in [2.05, 4.69) is 26.4 Å². The molecule has 1 unspecified atom stereocenters. The lowest BCUT2D eigenvalue weighted by Crippen LogP contribution is -2.48. The molecule has 3 heterocycles. The average molecular weight is 335 g/mol. The van der Waals surface area contributed by atoms with Crippen LogP contribution in [0.1, 0.15) is 12.7 Å². The number of nitrogens with zero attached hydrogens (tertiary/aromatic N) is 5. The van der Waals surface area contributed by atoms with Gasteiger partial charge >= 0.3 is 0 Å². The van der Waals surface area contributed by atoms with Gasteiger partial charge in [-0.05, 0) is 14.0 Å². The van der Waals surface area contributed by atoms with Gasteiger partial charge in [0.25, 0.3) is 0 Å². The van der Waals surface area contributed by atoms with Gasteiger partial charge in [-0.3, -0.25) is 4.79 Å². The molecule has 1 fully saturated rings. The molecule has 0 bridgehead atoms. The first-order valence-electron chi connectivity index (χ1n) is 8.92. The number of amides is 1. The number of imidazole rings is 1. The Hall–Kier alpha value is -1.44. The van der Waals surface area contributed by atoms with Crippen molar-refractivity contribution in [3.8, 4) is 0 Å². The summed E-state index contributed by atoms with van der Waals surface area (Å²) in [5.74, 6) is 1.46. The van der Waals surface area contributed by atoms with Crippen LogP contribution in [-0.4, -0.2) is 89.7 Å². The summed E-state index contributed by atoms with van der Waals surface area (Å²) < 4.78 is 7.52. The molecule has 2 aliphatic rings. The van der Waals surface area contributed by atoms with E-state index in [9.17, 15) is 4.79 Å². The summed E-state index contributed by atoms with van der Waals surface area (Å²) in [4.78, 5) is 23.7. The zero-order valence-electron chi connectivity index (χ0n) is 14.9. The number of hydrogen-bond acceptors (Lipinski definition) is 5. The Kier molecular flexibility index (Phi) is 5.86. The Labute approximate surface area is 144 Å². The first-order chi connectivity index (χ1) is 11.7. The molecule has 24 heavy (non-hydrogen) atoms. The lowest BCUT2D eigenvalue weighted by atomic mass is 10.1. The van der Waals surface area contributed by atoms with Crippen LogP contribution in [0.15, 0.2) is 12.4 Å². The Morgan fingerprint density at radius 1 is 1.29 bits per heavy atom. The quantitative estimate of drug-likeness (QED) is 0.765. The Morgan fingerprint density at radius 2 is 2.08 bits per heavy atom. The Morgan fingerprint density at radius 3 is 2.83 bits per heavy atom. The maximum atomic E-state index is 12.5. The van der Waals surface area contributed by atoms with Crippen molar-refractivity contribution in [2.45, 2.75) is 20.0 Å². The van der Waals surface area contributed by atoms with Crippen molar-refractivity contribution in [1.82, 2.24) is 24.3 Å². The molecule has 0 aliphatic carbocycles. The third-order valence-corrected chi connectivity index (χ3v) is 4.96. The summed E-state index contributed by atoms with van der Waals surface area (Å²) in [6, 6.07) is 0. The molecule has 7 nitrogen and oxygen atoms in total. The second kappa shape index (κ2) is 8.09. The highest BCUT2D eigenvalue weighted by molar-refractivity contribution is 5.77. The van der Waals surface area contributed by atoms with Crippen molar-refractivity contribution < 1.29 is 9.53 Å². The van der Waals surface area contributed by atoms with E-state index in [4.69, 9.17) is 4.74 Å². The number of rotatable bonds is 5. The van der Waals surface area contributed by atoms with Gasteiger partial charge in [0, 0.05) is 70.7 Å². The highest BCUT2D eigenvalue weighted by atomic mass is 16.5. The van der Waals surface area contributed by atoms with Gasteiger partial charge in [0.05, 0.1) is 6.54 Å². The number of carbonyl (C=O) groups is 1. The summed E-state index contributed by atoms with van der Waals surface area (Å²) in [7, 11) is 2.18. The normalized spacial score (nSPS) is 23.1. The summed E-state index contributed by atoms with van der Waals surface area (Å²) in [5, 5.41) is 0. The minimum absolute atomic E-state index is 0.0664. The van der Waals surface area contributed by atoms with Crippen molar-refractivity contribution in [3.63, 3.8) is 0 Å². The van der Waals surface area contributed by atoms with Gasteiger partial charge in [-0.15, -0.1) is 0 Å². The standard InChI is InChI=1S/C17H29N5O2/c1-3-24-14-17(23)22-12-15(10-20-8-6-19(2)7-9-20)11-21-5-4-18-16(21)13-22/h4-5,15H,3,6-14H2,1-2H3. The predicted molar refractivity (Wildman–Crippen MR) is 91.6 cm³/mol. The van der Waals surface area contributed by atoms with Crippen LogP contribution in [0, 0.1) is 5.92 Å². The number of aromatic nitrogens is 2. The highest BCUT2D eigenvalue weighted by Crippen LogP contribution is 2.17. The first kappa shape index (κ1) is 17.4. The largest absolute Gasteiger partial charge is 0.372 e. The topological polar surface area (TPSA) is 53.8 Å². The zero-order valence-corrected chi connectivity index (χ0v) is 14.9. The fourth-order valence-electron chi connectivity index (χ4n) is 3.52. The Balaban J connectivity index is 1.66. The summed E-state index contributed by atoms with van der Waals surface area (Å²) in [6.07, 6.45) is 3.86. The van der Waals surface area contributed by atoms with Gasteiger partial charge in [-0.25, -0.2) is 4.98 Å². The molecule has 1 aromatic heterocycles. The number of likely N-dealkylation sites (N-methyl/N-ethyl adjacent to an activating group) is 1. The maximum Gasteiger partial charge on any atom is 0.248 e. The number of ether oxygens (including phenoxy) is 1. The zero-order chi connectivity index (χ0) is 16.9. The van der Waals surface area contributed by atoms with Crippen LogP contribution in [-0.2, 0) is 22.6 Å². The third kappa shape index (κ3) is 4.34. The van der Waals surface area contributed by atoms with Gasteiger partial charge in [-0.2, -0.15) is 0 Å². The number of carbonyl (C=O) groups excluding carboxylic acids is 1. The molecule has 1 amide bonds. The van der Waals surface area contributed by atoms with Crippen LogP contribution in [0.5, 0.6) is 0 Å². The Bertz CT molecular complexity index is 539. The number of piperazine rings is 1. The molecule has 1 aromatic rings. The smallest absolute Gasteiger partial charge is 0.248 e. The molecule has 1 atom stereocenters. The van der Waals surface area contributed by atoms with E-state index in [1.165, 1.54) is 0 Å². The van der Waals surface area contributed by atoms with Gasteiger partial charge in [0.15, 0.2) is 0 Å². The molecule has 2 aliphatic heterocycles. The third-order valence-electron chi connectivity index (χ3n) is 4.96. The molecular formula is C17H29N5O2. The molecule has 0 saturated carbocycles. The van der Waals surface area contributed by atoms with E-state index in [1.807, 2.05) is 24.2 Å². The molecule has 0 aromatic carbocycles. The van der Waals surface area contributed by atoms with Crippen LogP contribution in [0.2, 0.25) is 0 Å². The van der Waals surface area contributed by atoms with E-state index in [1.54, 1.807) is 0 Å². The van der Waals surface area contributed by atoms with Crippen molar-refractivity contribution in [1.29, 1.82) is 0 Å². The predicted octanol–water partition coefficient (Wildman–Crippen LogP) is 0.125. The van der Waals surface area contributed by atoms with Crippen LogP contribution in [0.4, 0.5) is 0 Å². The maximum absolute atomic E-state index is 12.5. The van der Waals surface area contributed by atoms with E-state index in [0.29, 0.717) is 19.1 Å². The lowest BCUT2D eigenvalue weighted by molar-refractivity contribution is -0.137. The van der Waals surface area contributed by atoms with Crippen molar-refractivity contribution in [3.05, 3.63) is 18.2 Å². The van der Waals surface area contributed by atoms with Gasteiger partial charge in [0.2, 0.25) is 5.91 Å². The van der Waals surface area contributed by atoms with Gasteiger partial charge < -0.3 is 24.0 Å². The second-order valence-corrected chi connectivity index (χ2v) is 6.88. The fourth-order valence-corrected chi connectivity index (χ4v) is 3.52. The first-order valence-corrected chi connectivity index (χ1v) is 8.92. The van der Waals surface area contributed by atoms with E-state index >= 15 is 0 Å². The lowest BCUT2D eigenvalue weighted by Gasteiger charge is -2.35. The molecule has 1 saturated heterocycles. The minimum atomic E-state index is 0.0664. The molecule has 0 radical (unpaired) electrons. The van der Waals surface area contributed by atoms with E-state index in [0.717, 1.165) is 51.6 Å². The second-order valence-electron chi connectivity index (χ2n) is 6.88. The molecule has 0 spiro atoms. The van der Waals surface area contributed by atoms with Crippen LogP contribution >= 0.6 is 0 Å². The van der Waals surface area contributed by atoms with Gasteiger partial charge in [0.1, 0.15) is 12.4 Å². The van der Waals surface area contributed by atoms with Crippen molar-refractivity contribution in [2.75, 3.05) is 59.5 Å². The van der Waals surface area contributed by atoms with Crippen LogP contribution in [0.25, 0.3) is 0 Å². The molecule has 0 N–H and O–H groups in total. The van der Waals surface area contributed by atoms with Crippen LogP contribution < -0.4 is 0 Å². The van der Waals surface area contributed by atoms with E-state index < -0.39 is 0 Å². The summed E-state index contributed by atoms with van der Waals surface area (Å²) in [5.41, 5.74) is 0. The van der Waals surface area contributed by atoms with E-state index in [-0.39, 0.29) is 12.5 Å². The van der Waals surface area contributed by atoms with Crippen LogP contribution in [0.3, 0.4) is 0 Å². The monoisotopic (exact) mass is 335 g/mol. The SMILES string of the molecule is CCOCC(=O)N1Cc2nccn2CC(CN2CCN(C)CC2)C1. The molecular weight excluding hydrogens is 306 g/mol. The fraction of sp³-hybridized carbons (Fsp3) is 0.765. The number of hydrogen-bond donors (Lipinski definition) is 0. The molecule has 134 valence electrons. The summed E-state index contributed by atoms with van der Waals surface area (Å²) >= 11 is 0. The molecule has 3 rings (SSSR count). The number of fused-ring (bicyclic) bond motifs is 1. The van der Waals surface area contributed by atoms with Gasteiger partial charge in [-0.1, -0.05) is 0 Å². The molecule has 7 heteroatoms. The summed E-state index contributed by atoms with van der Waals surface area (Å²) in [6.45, 7) is 10.4. The van der Waals surface area contributed by atoms with Crippen molar-refractivity contribution >= 4 is 5.91 Å². The van der Waals surface area contributed by atoms with Crippen molar-refractivity contribution in [2.24, 2.45) is 5.92 Å². The highest BCUT2D eigenvalue weighted by Gasteiger charge is 2.27. The minimum Gasteiger partial charge on any atom is -0.372 e. The average Bonchev–Trinajstić information content (AvgIpc) is 2.93.